The maximum absolute atomic E-state index is 12.5. The van der Waals surface area contributed by atoms with E-state index in [1.165, 1.54) is 19.3 Å². The third-order valence-corrected chi connectivity index (χ3v) is 5.28. The number of rotatable bonds is 5. The minimum Gasteiger partial charge on any atom is -0.482 e. The Hall–Kier alpha value is -2.86. The lowest BCUT2D eigenvalue weighted by atomic mass is 10.1. The Labute approximate surface area is 165 Å². The average Bonchev–Trinajstić information content (AvgIpc) is 2.74. The maximum Gasteiger partial charge on any atom is 0.265 e. The molecule has 28 heavy (non-hydrogen) atoms. The smallest absolute Gasteiger partial charge is 0.265 e. The quantitative estimate of drug-likeness (QED) is 0.867. The van der Waals surface area contributed by atoms with E-state index in [1.807, 2.05) is 30.3 Å². The topological polar surface area (TPSA) is 61.9 Å². The molecule has 0 spiro atoms. The van der Waals surface area contributed by atoms with Gasteiger partial charge < -0.3 is 19.9 Å². The van der Waals surface area contributed by atoms with Crippen LogP contribution in [0.3, 0.4) is 0 Å². The van der Waals surface area contributed by atoms with Crippen molar-refractivity contribution in [2.45, 2.75) is 19.3 Å². The number of ether oxygens (including phenoxy) is 1. The normalized spacial score (nSPS) is 17.0. The number of carbonyl (C=O) groups excluding carboxylic acids is 2. The molecule has 0 unspecified atom stereocenters. The van der Waals surface area contributed by atoms with Gasteiger partial charge in [0.2, 0.25) is 0 Å². The lowest BCUT2D eigenvalue weighted by molar-refractivity contribution is -0.121. The van der Waals surface area contributed by atoms with Crippen LogP contribution in [-0.2, 0) is 4.79 Å². The van der Waals surface area contributed by atoms with Gasteiger partial charge in [0, 0.05) is 24.3 Å². The fraction of sp³-hybridized carbons (Fsp3) is 0.364. The van der Waals surface area contributed by atoms with E-state index in [9.17, 15) is 9.59 Å². The van der Waals surface area contributed by atoms with Gasteiger partial charge in [0.05, 0.1) is 5.69 Å². The first-order valence-electron chi connectivity index (χ1n) is 9.87. The number of hydrogen-bond acceptors (Lipinski definition) is 4. The van der Waals surface area contributed by atoms with Crippen molar-refractivity contribution in [3.8, 4) is 5.75 Å². The zero-order valence-corrected chi connectivity index (χ0v) is 15.9. The number of anilines is 2. The number of nitrogens with one attached hydrogen (secondary N) is 1. The van der Waals surface area contributed by atoms with Gasteiger partial charge in [0.15, 0.2) is 6.61 Å². The molecule has 2 aliphatic rings. The molecular formula is C22H25N3O3. The number of piperidine rings is 1. The zero-order valence-electron chi connectivity index (χ0n) is 15.9. The summed E-state index contributed by atoms with van der Waals surface area (Å²) in [5.74, 6) is 0.454. The maximum atomic E-state index is 12.5. The van der Waals surface area contributed by atoms with Crippen molar-refractivity contribution in [2.75, 3.05) is 43.0 Å². The Kier molecular flexibility index (Phi) is 5.58. The van der Waals surface area contributed by atoms with Crippen molar-refractivity contribution >= 4 is 23.2 Å². The van der Waals surface area contributed by atoms with E-state index >= 15 is 0 Å². The minimum atomic E-state index is -0.177. The van der Waals surface area contributed by atoms with Gasteiger partial charge in [-0.1, -0.05) is 24.6 Å². The Balaban J connectivity index is 1.49. The summed E-state index contributed by atoms with van der Waals surface area (Å²) in [6.07, 6.45) is 3.74. The van der Waals surface area contributed by atoms with Gasteiger partial charge in [0.1, 0.15) is 5.75 Å². The highest BCUT2D eigenvalue weighted by molar-refractivity contribution is 6.05. The number of amides is 2. The van der Waals surface area contributed by atoms with Gasteiger partial charge >= 0.3 is 0 Å². The van der Waals surface area contributed by atoms with E-state index in [4.69, 9.17) is 4.74 Å². The van der Waals surface area contributed by atoms with Crippen LogP contribution in [0.1, 0.15) is 29.6 Å². The predicted molar refractivity (Wildman–Crippen MR) is 109 cm³/mol. The number of likely N-dealkylation sites (tertiary alicyclic amines) is 1. The van der Waals surface area contributed by atoms with Gasteiger partial charge in [-0.3, -0.25) is 9.59 Å². The summed E-state index contributed by atoms with van der Waals surface area (Å²) in [6.45, 7) is 3.73. The van der Waals surface area contributed by atoms with Crippen LogP contribution >= 0.6 is 0 Å². The molecule has 2 aromatic carbocycles. The molecule has 146 valence electrons. The minimum absolute atomic E-state index is 0.0453. The molecule has 4 rings (SSSR count). The Morgan fingerprint density at radius 2 is 1.79 bits per heavy atom. The highest BCUT2D eigenvalue weighted by atomic mass is 16.5. The van der Waals surface area contributed by atoms with Crippen molar-refractivity contribution in [3.05, 3.63) is 54.1 Å². The van der Waals surface area contributed by atoms with E-state index in [-0.39, 0.29) is 18.4 Å². The van der Waals surface area contributed by atoms with Crippen LogP contribution < -0.4 is 15.0 Å². The Bertz CT molecular complexity index is 847. The fourth-order valence-corrected chi connectivity index (χ4v) is 3.74. The molecule has 1 saturated heterocycles. The van der Waals surface area contributed by atoms with Crippen LogP contribution in [0, 0.1) is 0 Å². The van der Waals surface area contributed by atoms with Gasteiger partial charge in [0.25, 0.3) is 11.8 Å². The van der Waals surface area contributed by atoms with Crippen LogP contribution in [0.5, 0.6) is 5.75 Å². The van der Waals surface area contributed by atoms with E-state index in [0.29, 0.717) is 23.5 Å². The largest absolute Gasteiger partial charge is 0.482 e. The van der Waals surface area contributed by atoms with Crippen molar-refractivity contribution in [3.63, 3.8) is 0 Å². The second-order valence-electron chi connectivity index (χ2n) is 7.24. The van der Waals surface area contributed by atoms with E-state index < -0.39 is 0 Å². The Morgan fingerprint density at radius 1 is 1.00 bits per heavy atom. The molecule has 2 aromatic rings. The summed E-state index contributed by atoms with van der Waals surface area (Å²) in [5, 5.41) is 2.91. The Morgan fingerprint density at radius 3 is 2.57 bits per heavy atom. The molecule has 0 saturated carbocycles. The number of benzene rings is 2. The zero-order chi connectivity index (χ0) is 19.3. The lowest BCUT2D eigenvalue weighted by Crippen LogP contribution is -2.44. The third kappa shape index (κ3) is 4.17. The first-order valence-corrected chi connectivity index (χ1v) is 9.87. The van der Waals surface area contributed by atoms with Crippen molar-refractivity contribution in [1.82, 2.24) is 4.90 Å². The number of carbonyl (C=O) groups is 2. The van der Waals surface area contributed by atoms with Crippen molar-refractivity contribution < 1.29 is 14.3 Å². The van der Waals surface area contributed by atoms with Gasteiger partial charge in [-0.25, -0.2) is 0 Å². The lowest BCUT2D eigenvalue weighted by Gasteiger charge is -2.33. The molecule has 0 bridgehead atoms. The van der Waals surface area contributed by atoms with E-state index in [2.05, 4.69) is 10.2 Å². The monoisotopic (exact) mass is 379 g/mol. The molecule has 6 nitrogen and oxygen atoms in total. The summed E-state index contributed by atoms with van der Waals surface area (Å²) in [7, 11) is 0. The summed E-state index contributed by atoms with van der Waals surface area (Å²) >= 11 is 0. The number of fused-ring (bicyclic) bond motifs is 1. The molecule has 0 aliphatic carbocycles. The fourth-order valence-electron chi connectivity index (χ4n) is 3.74. The molecule has 2 amide bonds. The summed E-state index contributed by atoms with van der Waals surface area (Å²) in [4.78, 5) is 29.1. The number of hydrogen-bond donors (Lipinski definition) is 1. The molecular weight excluding hydrogens is 354 g/mol. The first kappa shape index (κ1) is 18.5. The molecule has 2 heterocycles. The molecule has 6 heteroatoms. The van der Waals surface area contributed by atoms with Gasteiger partial charge in [-0.05, 0) is 56.3 Å². The number of nitrogens with zero attached hydrogens (tertiary/aromatic N) is 2. The van der Waals surface area contributed by atoms with Crippen LogP contribution in [0.15, 0.2) is 48.5 Å². The highest BCUT2D eigenvalue weighted by Crippen LogP contribution is 2.34. The summed E-state index contributed by atoms with van der Waals surface area (Å²) in [5.41, 5.74) is 1.96. The second kappa shape index (κ2) is 8.44. The molecule has 1 N–H and O–H groups in total. The van der Waals surface area contributed by atoms with Crippen LogP contribution in [-0.4, -0.2) is 49.5 Å². The molecule has 1 fully saturated rings. The van der Waals surface area contributed by atoms with Crippen molar-refractivity contribution in [2.24, 2.45) is 0 Å². The van der Waals surface area contributed by atoms with Gasteiger partial charge in [-0.15, -0.1) is 0 Å². The van der Waals surface area contributed by atoms with E-state index in [1.54, 1.807) is 23.1 Å². The predicted octanol–water partition coefficient (Wildman–Crippen LogP) is 3.15. The summed E-state index contributed by atoms with van der Waals surface area (Å²) in [6, 6.07) is 14.5. The standard InChI is InChI=1S/C22H25N3O3/c26-21-16-28-20-10-9-18(23-22(27)17-7-3-1-4-8-17)15-19(20)25(21)14-13-24-11-5-2-6-12-24/h1,3-4,7-10,15H,2,5-6,11-14,16H2,(H,23,27). The third-order valence-electron chi connectivity index (χ3n) is 5.28. The first-order chi connectivity index (χ1) is 13.7. The second-order valence-corrected chi connectivity index (χ2v) is 7.24. The average molecular weight is 379 g/mol. The summed E-state index contributed by atoms with van der Waals surface area (Å²) < 4.78 is 5.58. The van der Waals surface area contributed by atoms with Crippen LogP contribution in [0.4, 0.5) is 11.4 Å². The molecule has 0 radical (unpaired) electrons. The van der Waals surface area contributed by atoms with Crippen LogP contribution in [0.2, 0.25) is 0 Å². The van der Waals surface area contributed by atoms with Gasteiger partial charge in [-0.2, -0.15) is 0 Å². The molecule has 0 atom stereocenters. The SMILES string of the molecule is O=C(Nc1ccc2c(c1)N(CCN1CCCCC1)C(=O)CO2)c1ccccc1. The highest BCUT2D eigenvalue weighted by Gasteiger charge is 2.26. The van der Waals surface area contributed by atoms with Crippen molar-refractivity contribution in [1.29, 1.82) is 0 Å². The van der Waals surface area contributed by atoms with E-state index in [0.717, 1.165) is 25.3 Å². The molecule has 0 aromatic heterocycles. The molecule has 2 aliphatic heterocycles. The van der Waals surface area contributed by atoms with Crippen LogP contribution in [0.25, 0.3) is 0 Å².